The molecule has 1 aliphatic rings. The Morgan fingerprint density at radius 3 is 2.35 bits per heavy atom. The molecule has 0 aromatic carbocycles. The van der Waals surface area contributed by atoms with Crippen molar-refractivity contribution < 1.29 is 34.7 Å². The topological polar surface area (TPSA) is 66.4 Å². The summed E-state index contributed by atoms with van der Waals surface area (Å²) in [5, 5.41) is 0. The Morgan fingerprint density at radius 1 is 1.35 bits per heavy atom. The van der Waals surface area contributed by atoms with Crippen molar-refractivity contribution in [3.8, 4) is 0 Å². The lowest BCUT2D eigenvalue weighted by molar-refractivity contribution is -0.189. The van der Waals surface area contributed by atoms with Crippen LogP contribution in [0.5, 0.6) is 0 Å². The van der Waals surface area contributed by atoms with E-state index in [9.17, 15) is 30.5 Å². The Morgan fingerprint density at radius 2 is 1.94 bits per heavy atom. The maximum Gasteiger partial charge on any atom is 0.392 e. The van der Waals surface area contributed by atoms with Crippen LogP contribution in [0.1, 0.15) is 32.1 Å². The molecule has 1 saturated carbocycles. The van der Waals surface area contributed by atoms with Gasteiger partial charge in [0, 0.05) is 0 Å². The normalized spacial score (nSPS) is 31.5. The summed E-state index contributed by atoms with van der Waals surface area (Å²) >= 11 is 0. The van der Waals surface area contributed by atoms with Crippen LogP contribution in [0.3, 0.4) is 0 Å². The molecule has 0 saturated heterocycles. The summed E-state index contributed by atoms with van der Waals surface area (Å²) in [5.41, 5.74) is -2.59. The molecule has 0 amide bonds. The molecule has 1 aliphatic carbocycles. The highest BCUT2D eigenvalue weighted by Gasteiger charge is 2.51. The lowest BCUT2D eigenvalue weighted by Gasteiger charge is -2.40. The van der Waals surface area contributed by atoms with E-state index in [1.807, 2.05) is 0 Å². The highest BCUT2D eigenvalue weighted by atomic mass is 32.3. The average Bonchev–Trinajstić information content (AvgIpc) is 2.04. The third kappa shape index (κ3) is 4.40. The van der Waals surface area contributed by atoms with Gasteiger partial charge in [-0.15, -0.1) is 0 Å². The number of alkyl halides is 4. The van der Waals surface area contributed by atoms with Crippen molar-refractivity contribution in [1.29, 1.82) is 0 Å². The van der Waals surface area contributed by atoms with Crippen molar-refractivity contribution in [2.45, 2.75) is 50.1 Å². The van der Waals surface area contributed by atoms with Gasteiger partial charge in [0.15, 0.2) is 0 Å². The number of halogens is 4. The van der Waals surface area contributed by atoms with Crippen LogP contribution in [-0.4, -0.2) is 30.9 Å². The average molecular weight is 279 g/mol. The van der Waals surface area contributed by atoms with Crippen LogP contribution in [0, 0.1) is 0 Å². The molecule has 4 nitrogen and oxygen atoms in total. The molecule has 9 heteroatoms. The molecular formula is C8H11F4O4S-. The van der Waals surface area contributed by atoms with Crippen molar-refractivity contribution in [1.82, 2.24) is 0 Å². The van der Waals surface area contributed by atoms with Crippen molar-refractivity contribution >= 4 is 10.4 Å². The van der Waals surface area contributed by atoms with Gasteiger partial charge in [-0.2, -0.15) is 13.2 Å². The van der Waals surface area contributed by atoms with Gasteiger partial charge in [-0.25, -0.2) is 12.8 Å². The van der Waals surface area contributed by atoms with Crippen molar-refractivity contribution in [2.75, 3.05) is 0 Å². The maximum atomic E-state index is 13.5. The van der Waals surface area contributed by atoms with E-state index in [-0.39, 0.29) is 12.8 Å². The van der Waals surface area contributed by atoms with Crippen LogP contribution < -0.4 is 0 Å². The summed E-state index contributed by atoms with van der Waals surface area (Å²) in [6, 6.07) is 0. The Labute approximate surface area is 95.9 Å². The minimum atomic E-state index is -5.38. The van der Waals surface area contributed by atoms with Gasteiger partial charge < -0.3 is 4.55 Å². The second kappa shape index (κ2) is 4.69. The van der Waals surface area contributed by atoms with E-state index in [0.29, 0.717) is 6.42 Å². The first kappa shape index (κ1) is 14.7. The first-order valence-electron chi connectivity index (χ1n) is 4.91. The van der Waals surface area contributed by atoms with E-state index in [1.54, 1.807) is 0 Å². The smallest absolute Gasteiger partial charge is 0.392 e. The highest BCUT2D eigenvalue weighted by molar-refractivity contribution is 7.80. The first-order chi connectivity index (χ1) is 7.54. The fourth-order valence-electron chi connectivity index (χ4n) is 2.03. The van der Waals surface area contributed by atoms with E-state index >= 15 is 0 Å². The lowest BCUT2D eigenvalue weighted by atomic mass is 9.81. The molecule has 2 unspecified atom stereocenters. The van der Waals surface area contributed by atoms with Gasteiger partial charge >= 0.3 is 6.18 Å². The molecule has 0 aliphatic heterocycles. The van der Waals surface area contributed by atoms with Gasteiger partial charge in [0.1, 0.15) is 11.8 Å². The lowest BCUT2D eigenvalue weighted by Crippen LogP contribution is -2.49. The van der Waals surface area contributed by atoms with Crippen LogP contribution in [-0.2, 0) is 14.6 Å². The van der Waals surface area contributed by atoms with Gasteiger partial charge in [-0.05, 0) is 12.8 Å². The molecule has 0 aromatic heterocycles. The molecular weight excluding hydrogens is 268 g/mol. The van der Waals surface area contributed by atoms with Crippen molar-refractivity contribution in [3.63, 3.8) is 0 Å². The van der Waals surface area contributed by atoms with Gasteiger partial charge in [0.25, 0.3) is 0 Å². The molecule has 2 atom stereocenters. The molecule has 0 bridgehead atoms. The SMILES string of the molecule is O=S(=O)([O-])OC1(CC(F)(F)F)CCCCC1F. The maximum absolute atomic E-state index is 13.5. The van der Waals surface area contributed by atoms with Crippen molar-refractivity contribution in [3.05, 3.63) is 0 Å². The standard InChI is InChI=1S/C8H12F4O4S/c9-6-3-1-2-4-7(6,5-8(10,11)12)16-17(13,14)15/h6H,1-5H2,(H,13,14,15)/p-1. The van der Waals surface area contributed by atoms with Crippen molar-refractivity contribution in [2.24, 2.45) is 0 Å². The molecule has 102 valence electrons. The first-order valence-corrected chi connectivity index (χ1v) is 6.25. The predicted molar refractivity (Wildman–Crippen MR) is 47.5 cm³/mol. The molecule has 0 aromatic rings. The highest BCUT2D eigenvalue weighted by Crippen LogP contribution is 2.42. The summed E-state index contributed by atoms with van der Waals surface area (Å²) in [4.78, 5) is 0. The van der Waals surface area contributed by atoms with Crippen LogP contribution in [0.2, 0.25) is 0 Å². The fraction of sp³-hybridized carbons (Fsp3) is 1.00. The third-order valence-corrected chi connectivity index (χ3v) is 3.18. The molecule has 0 N–H and O–H groups in total. The Hall–Kier alpha value is -0.410. The quantitative estimate of drug-likeness (QED) is 0.450. The monoisotopic (exact) mass is 279 g/mol. The minimum Gasteiger partial charge on any atom is -0.726 e. The fourth-order valence-corrected chi connectivity index (χ4v) is 2.69. The second-order valence-electron chi connectivity index (χ2n) is 4.06. The van der Waals surface area contributed by atoms with E-state index in [0.717, 1.165) is 0 Å². The molecule has 1 rings (SSSR count). The number of hydrogen-bond donors (Lipinski definition) is 0. The van der Waals surface area contributed by atoms with Crippen LogP contribution in [0.15, 0.2) is 0 Å². The summed E-state index contributed by atoms with van der Waals surface area (Å²) < 4.78 is 85.6. The Bertz CT molecular complexity index is 366. The van der Waals surface area contributed by atoms with E-state index in [4.69, 9.17) is 0 Å². The summed E-state index contributed by atoms with van der Waals surface area (Å²) in [6.45, 7) is 0. The molecule has 0 heterocycles. The molecule has 17 heavy (non-hydrogen) atoms. The Kier molecular flexibility index (Phi) is 4.04. The van der Waals surface area contributed by atoms with Gasteiger partial charge in [0.2, 0.25) is 10.4 Å². The zero-order chi connectivity index (χ0) is 13.3. The second-order valence-corrected chi connectivity index (χ2v) is 5.04. The summed E-state index contributed by atoms with van der Waals surface area (Å²) in [7, 11) is -5.38. The molecule has 1 fully saturated rings. The van der Waals surface area contributed by atoms with Gasteiger partial charge in [-0.3, -0.25) is 4.18 Å². The van der Waals surface area contributed by atoms with E-state index in [2.05, 4.69) is 4.18 Å². The Balaban J connectivity index is 2.98. The number of rotatable bonds is 3. The molecule has 0 radical (unpaired) electrons. The zero-order valence-electron chi connectivity index (χ0n) is 8.67. The largest absolute Gasteiger partial charge is 0.726 e. The predicted octanol–water partition coefficient (Wildman–Crippen LogP) is 2.07. The third-order valence-electron chi connectivity index (χ3n) is 2.65. The van der Waals surface area contributed by atoms with Gasteiger partial charge in [-0.1, -0.05) is 12.8 Å². The van der Waals surface area contributed by atoms with Crippen LogP contribution in [0.25, 0.3) is 0 Å². The van der Waals surface area contributed by atoms with Gasteiger partial charge in [0.05, 0.1) is 6.42 Å². The van der Waals surface area contributed by atoms with Crippen LogP contribution >= 0.6 is 0 Å². The summed E-state index contributed by atoms with van der Waals surface area (Å²) in [6.07, 6.45) is -8.84. The zero-order valence-corrected chi connectivity index (χ0v) is 9.48. The summed E-state index contributed by atoms with van der Waals surface area (Å²) in [5.74, 6) is 0. The van der Waals surface area contributed by atoms with E-state index in [1.165, 1.54) is 0 Å². The number of hydrogen-bond acceptors (Lipinski definition) is 4. The van der Waals surface area contributed by atoms with Crippen LogP contribution in [0.4, 0.5) is 17.6 Å². The minimum absolute atomic E-state index is 0.187. The van der Waals surface area contributed by atoms with E-state index < -0.39 is 41.2 Å². The molecule has 0 spiro atoms.